The van der Waals surface area contributed by atoms with Crippen LogP contribution in [0.2, 0.25) is 0 Å². The summed E-state index contributed by atoms with van der Waals surface area (Å²) in [6, 6.07) is 7.08. The number of allylic oxidation sites excluding steroid dienone is 1. The van der Waals surface area contributed by atoms with Crippen LogP contribution in [0.25, 0.3) is 16.5 Å². The second kappa shape index (κ2) is 10.7. The molecule has 0 spiro atoms. The predicted octanol–water partition coefficient (Wildman–Crippen LogP) is 3.46. The first-order valence-electron chi connectivity index (χ1n) is 10.9. The minimum absolute atomic E-state index is 0.0459. The fourth-order valence-electron chi connectivity index (χ4n) is 4.23. The number of esters is 1. The summed E-state index contributed by atoms with van der Waals surface area (Å²) in [6.45, 7) is 2.57. The lowest BCUT2D eigenvalue weighted by Crippen LogP contribution is -2.41. The quantitative estimate of drug-likeness (QED) is 0.388. The number of hydrogen-bond acceptors (Lipinski definition) is 8. The summed E-state index contributed by atoms with van der Waals surface area (Å²) < 4.78 is 22.4. The van der Waals surface area contributed by atoms with Crippen molar-refractivity contribution < 1.29 is 28.5 Å². The molecule has 0 bridgehead atoms. The molecule has 2 aliphatic rings. The third-order valence-corrected chi connectivity index (χ3v) is 6.45. The maximum absolute atomic E-state index is 12.9. The number of aliphatic hydroxyl groups excluding tert-OH is 1. The summed E-state index contributed by atoms with van der Waals surface area (Å²) in [5, 5.41) is 11.4. The minimum Gasteiger partial charge on any atom is -0.508 e. The van der Waals surface area contributed by atoms with E-state index >= 15 is 0 Å². The second-order valence-corrected chi connectivity index (χ2v) is 9.06. The average molecular weight is 532 g/mol. The van der Waals surface area contributed by atoms with Gasteiger partial charge in [0.25, 0.3) is 0 Å². The van der Waals surface area contributed by atoms with Crippen LogP contribution in [0.5, 0.6) is 0 Å². The van der Waals surface area contributed by atoms with E-state index in [0.717, 1.165) is 9.86 Å². The van der Waals surface area contributed by atoms with Crippen LogP contribution in [0.1, 0.15) is 5.56 Å². The summed E-state index contributed by atoms with van der Waals surface area (Å²) >= 11 is 3.43. The van der Waals surface area contributed by atoms with Crippen molar-refractivity contribution in [1.82, 2.24) is 4.90 Å². The molecule has 180 valence electrons. The van der Waals surface area contributed by atoms with Crippen LogP contribution in [-0.2, 0) is 19.0 Å². The van der Waals surface area contributed by atoms with Gasteiger partial charge in [0, 0.05) is 61.3 Å². The molecule has 0 saturated heterocycles. The zero-order valence-corrected chi connectivity index (χ0v) is 20.5. The lowest BCUT2D eigenvalue weighted by atomic mass is 9.80. The molecule has 1 aromatic carbocycles. The van der Waals surface area contributed by atoms with Crippen LogP contribution in [0.3, 0.4) is 0 Å². The Morgan fingerprint density at radius 2 is 1.85 bits per heavy atom. The Bertz CT molecular complexity index is 1220. The van der Waals surface area contributed by atoms with E-state index in [-0.39, 0.29) is 5.76 Å². The fraction of sp³-hybridized carbons (Fsp3) is 0.360. The maximum atomic E-state index is 12.9. The van der Waals surface area contributed by atoms with E-state index in [2.05, 4.69) is 20.8 Å². The molecule has 0 fully saturated rings. The first kappa shape index (κ1) is 24.4. The van der Waals surface area contributed by atoms with Crippen molar-refractivity contribution in [3.63, 3.8) is 0 Å². The number of carbonyl (C=O) groups is 1. The molecule has 0 saturated carbocycles. The van der Waals surface area contributed by atoms with Gasteiger partial charge in [-0.25, -0.2) is 9.59 Å². The molecule has 8 nitrogen and oxygen atoms in total. The minimum atomic E-state index is -0.748. The second-order valence-electron chi connectivity index (χ2n) is 8.14. The van der Waals surface area contributed by atoms with Crippen LogP contribution in [0, 0.1) is 5.92 Å². The van der Waals surface area contributed by atoms with Crippen LogP contribution >= 0.6 is 15.9 Å². The van der Waals surface area contributed by atoms with E-state index in [1.165, 1.54) is 6.08 Å². The fourth-order valence-corrected chi connectivity index (χ4v) is 4.61. The van der Waals surface area contributed by atoms with Gasteiger partial charge in [-0.3, -0.25) is 4.90 Å². The lowest BCUT2D eigenvalue weighted by molar-refractivity contribution is -0.143. The summed E-state index contributed by atoms with van der Waals surface area (Å²) in [6.07, 6.45) is 3.92. The first-order valence-corrected chi connectivity index (χ1v) is 11.7. The summed E-state index contributed by atoms with van der Waals surface area (Å²) in [5.74, 6) is -0.974. The molecule has 1 aliphatic heterocycles. The largest absolute Gasteiger partial charge is 0.508 e. The Morgan fingerprint density at radius 3 is 2.56 bits per heavy atom. The van der Waals surface area contributed by atoms with Gasteiger partial charge >= 0.3 is 11.6 Å². The van der Waals surface area contributed by atoms with Gasteiger partial charge in [0.05, 0.1) is 18.8 Å². The van der Waals surface area contributed by atoms with Crippen molar-refractivity contribution in [2.75, 3.05) is 47.1 Å². The molecule has 2 heterocycles. The third-order valence-electron chi connectivity index (χ3n) is 5.96. The standard InChI is InChI=1S/C25H26BrNO7/c1-31-9-7-27(8-10-32-2)14-20-21(28)5-4-17-18(13-23(29)34-24(17)20)19-12-15-11-16(26)3-6-22(15)33-25(19)30/h3-6,11-13,17,24,28H,7-10,14H2,1-2H3. The average Bonchev–Trinajstić information content (AvgIpc) is 2.81. The van der Waals surface area contributed by atoms with E-state index < -0.39 is 23.6 Å². The van der Waals surface area contributed by atoms with E-state index in [4.69, 9.17) is 18.6 Å². The van der Waals surface area contributed by atoms with Crippen LogP contribution < -0.4 is 5.63 Å². The molecule has 1 aliphatic carbocycles. The van der Waals surface area contributed by atoms with Crippen LogP contribution in [-0.4, -0.2) is 69.1 Å². The van der Waals surface area contributed by atoms with E-state index in [0.29, 0.717) is 55.1 Å². The van der Waals surface area contributed by atoms with Gasteiger partial charge in [0.1, 0.15) is 17.4 Å². The number of ether oxygens (including phenoxy) is 3. The molecule has 2 aromatic rings. The summed E-state index contributed by atoms with van der Waals surface area (Å²) in [4.78, 5) is 27.5. The first-order chi connectivity index (χ1) is 16.4. The number of hydrogen-bond donors (Lipinski definition) is 1. The number of rotatable bonds is 9. The van der Waals surface area contributed by atoms with Crippen LogP contribution in [0.4, 0.5) is 0 Å². The molecule has 1 N–H and O–H groups in total. The molecule has 0 radical (unpaired) electrons. The molecule has 2 unspecified atom stereocenters. The zero-order chi connectivity index (χ0) is 24.2. The monoisotopic (exact) mass is 531 g/mol. The molecule has 0 amide bonds. The smallest absolute Gasteiger partial charge is 0.343 e. The third kappa shape index (κ3) is 5.17. The van der Waals surface area contributed by atoms with Crippen molar-refractivity contribution >= 4 is 38.4 Å². The summed E-state index contributed by atoms with van der Waals surface area (Å²) in [5.41, 5.74) is 1.27. The van der Waals surface area contributed by atoms with Crippen molar-refractivity contribution in [3.05, 3.63) is 74.3 Å². The number of nitrogens with zero attached hydrogens (tertiary/aromatic N) is 1. The van der Waals surface area contributed by atoms with Crippen molar-refractivity contribution in [2.24, 2.45) is 5.92 Å². The highest BCUT2D eigenvalue weighted by molar-refractivity contribution is 9.10. The van der Waals surface area contributed by atoms with Gasteiger partial charge in [-0.15, -0.1) is 0 Å². The van der Waals surface area contributed by atoms with Gasteiger partial charge in [-0.1, -0.05) is 22.0 Å². The molecule has 1 aromatic heterocycles. The lowest BCUT2D eigenvalue weighted by Gasteiger charge is -2.36. The number of methoxy groups -OCH3 is 2. The summed E-state index contributed by atoms with van der Waals surface area (Å²) in [7, 11) is 3.25. The molecule has 4 rings (SSSR count). The highest BCUT2D eigenvalue weighted by Gasteiger charge is 2.39. The Morgan fingerprint density at radius 1 is 1.12 bits per heavy atom. The SMILES string of the molecule is COCCN(CCOC)CC1=C(O)C=CC2C(c3cc4cc(Br)ccc4oc3=O)=CC(=O)OC12. The Hall–Kier alpha value is -2.72. The van der Waals surface area contributed by atoms with Crippen LogP contribution in [0.15, 0.2) is 67.5 Å². The molecule has 34 heavy (non-hydrogen) atoms. The van der Waals surface area contributed by atoms with Gasteiger partial charge in [0.15, 0.2) is 0 Å². The Labute approximate surface area is 205 Å². The van der Waals surface area contributed by atoms with E-state index in [9.17, 15) is 14.7 Å². The number of carbonyl (C=O) groups excluding carboxylic acids is 1. The highest BCUT2D eigenvalue weighted by Crippen LogP contribution is 2.39. The predicted molar refractivity (Wildman–Crippen MR) is 131 cm³/mol. The highest BCUT2D eigenvalue weighted by atomic mass is 79.9. The number of fused-ring (bicyclic) bond motifs is 2. The normalized spacial score (nSPS) is 20.0. The Kier molecular flexibility index (Phi) is 7.67. The molecular weight excluding hydrogens is 506 g/mol. The Balaban J connectivity index is 1.69. The zero-order valence-electron chi connectivity index (χ0n) is 19.0. The van der Waals surface area contributed by atoms with Crippen molar-refractivity contribution in [2.45, 2.75) is 6.10 Å². The molecule has 9 heteroatoms. The van der Waals surface area contributed by atoms with Crippen molar-refractivity contribution in [3.8, 4) is 0 Å². The number of aliphatic hydroxyl groups is 1. The van der Waals surface area contributed by atoms with Gasteiger partial charge in [-0.05, 0) is 35.9 Å². The van der Waals surface area contributed by atoms with E-state index in [1.807, 2.05) is 6.07 Å². The molecule has 2 atom stereocenters. The van der Waals surface area contributed by atoms with Crippen molar-refractivity contribution in [1.29, 1.82) is 0 Å². The number of benzene rings is 1. The molecular formula is C25H26BrNO7. The van der Waals surface area contributed by atoms with Gasteiger partial charge < -0.3 is 23.7 Å². The number of halogens is 1. The maximum Gasteiger partial charge on any atom is 0.343 e. The van der Waals surface area contributed by atoms with Gasteiger partial charge in [-0.2, -0.15) is 0 Å². The van der Waals surface area contributed by atoms with E-state index in [1.54, 1.807) is 44.6 Å². The topological polar surface area (TPSA) is 98.4 Å². The van der Waals surface area contributed by atoms with Gasteiger partial charge in [0.2, 0.25) is 0 Å².